The molecule has 2 heterocycles. The maximum atomic E-state index is 13.1. The molecule has 0 saturated carbocycles. The van der Waals surface area contributed by atoms with Gasteiger partial charge >= 0.3 is 5.97 Å². The average molecular weight is 555 g/mol. The van der Waals surface area contributed by atoms with Crippen molar-refractivity contribution in [3.63, 3.8) is 0 Å². The molecule has 40 heavy (non-hydrogen) atoms. The molecule has 2 fully saturated rings. The fourth-order valence-electron chi connectivity index (χ4n) is 5.21. The van der Waals surface area contributed by atoms with Crippen LogP contribution in [0.2, 0.25) is 0 Å². The SMILES string of the molecule is CC=Nc1ccccc1C(=NCCN1CCN(C(=O)C2CCN(C(C)=O)CC2)CC1)N[C@H](C(=O)OCC)C(C)C. The summed E-state index contributed by atoms with van der Waals surface area (Å²) in [7, 11) is 0. The van der Waals surface area contributed by atoms with Gasteiger partial charge in [0, 0.05) is 70.4 Å². The number of hydrogen-bond donors (Lipinski definition) is 1. The van der Waals surface area contributed by atoms with Crippen LogP contribution >= 0.6 is 0 Å². The third kappa shape index (κ3) is 8.61. The van der Waals surface area contributed by atoms with Gasteiger partial charge in [0.1, 0.15) is 11.9 Å². The Morgan fingerprint density at radius 3 is 2.33 bits per heavy atom. The molecule has 1 N–H and O–H groups in total. The van der Waals surface area contributed by atoms with E-state index in [1.807, 2.05) is 54.8 Å². The van der Waals surface area contributed by atoms with Crippen molar-refractivity contribution >= 4 is 35.5 Å². The van der Waals surface area contributed by atoms with Gasteiger partial charge in [0.05, 0.1) is 18.8 Å². The molecule has 2 saturated heterocycles. The molecule has 10 heteroatoms. The monoisotopic (exact) mass is 554 g/mol. The zero-order valence-corrected chi connectivity index (χ0v) is 24.8. The van der Waals surface area contributed by atoms with Gasteiger partial charge in [0.25, 0.3) is 0 Å². The summed E-state index contributed by atoms with van der Waals surface area (Å²) in [5, 5.41) is 3.36. The number of piperidine rings is 1. The number of aliphatic imine (C=N–C) groups is 2. The van der Waals surface area contributed by atoms with Crippen LogP contribution in [0.4, 0.5) is 5.69 Å². The van der Waals surface area contributed by atoms with E-state index in [1.54, 1.807) is 20.1 Å². The zero-order chi connectivity index (χ0) is 29.1. The summed E-state index contributed by atoms with van der Waals surface area (Å²) in [6.07, 6.45) is 3.24. The predicted octanol–water partition coefficient (Wildman–Crippen LogP) is 2.74. The quantitative estimate of drug-likeness (QED) is 0.271. The zero-order valence-electron chi connectivity index (χ0n) is 24.8. The second kappa shape index (κ2) is 15.5. The number of carbonyl (C=O) groups is 3. The van der Waals surface area contributed by atoms with Gasteiger partial charge in [-0.3, -0.25) is 24.5 Å². The Balaban J connectivity index is 1.62. The number of amidine groups is 1. The smallest absolute Gasteiger partial charge is 0.328 e. The molecule has 3 rings (SSSR count). The van der Waals surface area contributed by atoms with Gasteiger partial charge in [-0.2, -0.15) is 0 Å². The predicted molar refractivity (Wildman–Crippen MR) is 158 cm³/mol. The number of nitrogens with one attached hydrogen (secondary N) is 1. The Bertz CT molecular complexity index is 1060. The van der Waals surface area contributed by atoms with Crippen molar-refractivity contribution in [3.05, 3.63) is 29.8 Å². The van der Waals surface area contributed by atoms with Gasteiger partial charge in [0.15, 0.2) is 0 Å². The molecule has 0 aliphatic carbocycles. The normalized spacial score (nSPS) is 18.3. The Kier molecular flexibility index (Phi) is 12.1. The number of para-hydroxylation sites is 1. The molecule has 1 aromatic rings. The molecule has 2 aliphatic heterocycles. The molecule has 0 aromatic heterocycles. The van der Waals surface area contributed by atoms with Crippen LogP contribution in [0.25, 0.3) is 0 Å². The Hall–Kier alpha value is -3.27. The molecule has 0 bridgehead atoms. The number of carbonyl (C=O) groups excluding carboxylic acids is 3. The lowest BCUT2D eigenvalue weighted by Crippen LogP contribution is -2.52. The van der Waals surface area contributed by atoms with Crippen LogP contribution in [0.5, 0.6) is 0 Å². The van der Waals surface area contributed by atoms with Crippen LogP contribution in [0.1, 0.15) is 53.0 Å². The summed E-state index contributed by atoms with van der Waals surface area (Å²) in [5.41, 5.74) is 1.62. The van der Waals surface area contributed by atoms with Gasteiger partial charge in [-0.1, -0.05) is 26.0 Å². The highest BCUT2D eigenvalue weighted by Gasteiger charge is 2.31. The lowest BCUT2D eigenvalue weighted by Gasteiger charge is -2.38. The fraction of sp³-hybridized carbons (Fsp3) is 0.633. The van der Waals surface area contributed by atoms with E-state index in [0.29, 0.717) is 45.2 Å². The van der Waals surface area contributed by atoms with E-state index in [0.717, 1.165) is 43.7 Å². The average Bonchev–Trinajstić information content (AvgIpc) is 2.95. The van der Waals surface area contributed by atoms with Crippen molar-refractivity contribution in [2.24, 2.45) is 21.8 Å². The number of ether oxygens (including phenoxy) is 1. The number of hydrogen-bond acceptors (Lipinski definition) is 7. The van der Waals surface area contributed by atoms with Crippen molar-refractivity contribution in [2.75, 3.05) is 59.0 Å². The lowest BCUT2D eigenvalue weighted by molar-refractivity contribution is -0.146. The highest BCUT2D eigenvalue weighted by Crippen LogP contribution is 2.22. The Morgan fingerprint density at radius 1 is 1.05 bits per heavy atom. The summed E-state index contributed by atoms with van der Waals surface area (Å²) >= 11 is 0. The van der Waals surface area contributed by atoms with Crippen LogP contribution in [-0.2, 0) is 19.1 Å². The summed E-state index contributed by atoms with van der Waals surface area (Å²) in [4.78, 5) is 52.9. The fourth-order valence-corrected chi connectivity index (χ4v) is 5.21. The van der Waals surface area contributed by atoms with Crippen LogP contribution in [-0.4, -0.2) is 110 Å². The minimum absolute atomic E-state index is 0.00593. The highest BCUT2D eigenvalue weighted by molar-refractivity contribution is 6.05. The first-order chi connectivity index (χ1) is 19.2. The minimum atomic E-state index is -0.533. The van der Waals surface area contributed by atoms with Crippen molar-refractivity contribution in [1.29, 1.82) is 0 Å². The number of rotatable bonds is 10. The number of esters is 1. The topological polar surface area (TPSA) is 107 Å². The standard InChI is InChI=1S/C30H46N6O4/c1-6-31-26-11-9-8-10-25(26)28(33-27(22(3)4)30(39)40-7-2)32-14-17-34-18-20-36(21-19-34)29(38)24-12-15-35(16-13-24)23(5)37/h6,8-11,22,24,27H,7,12-21H2,1-5H3,(H,32,33)/t27-/m0/s1. The van der Waals surface area contributed by atoms with Gasteiger partial charge in [-0.15, -0.1) is 0 Å². The van der Waals surface area contributed by atoms with Gasteiger partial charge in [-0.05, 0) is 44.7 Å². The molecular weight excluding hydrogens is 508 g/mol. The van der Waals surface area contributed by atoms with Crippen LogP contribution in [0, 0.1) is 11.8 Å². The first-order valence-corrected chi connectivity index (χ1v) is 14.6. The minimum Gasteiger partial charge on any atom is -0.464 e. The van der Waals surface area contributed by atoms with E-state index in [-0.39, 0.29) is 29.6 Å². The summed E-state index contributed by atoms with van der Waals surface area (Å²) in [5.74, 6) is 0.654. The van der Waals surface area contributed by atoms with Crippen LogP contribution < -0.4 is 5.32 Å². The van der Waals surface area contributed by atoms with Gasteiger partial charge < -0.3 is 19.9 Å². The summed E-state index contributed by atoms with van der Waals surface area (Å²) in [6, 6.07) is 7.23. The lowest BCUT2D eigenvalue weighted by atomic mass is 9.95. The number of benzene rings is 1. The Morgan fingerprint density at radius 2 is 1.73 bits per heavy atom. The van der Waals surface area contributed by atoms with Crippen LogP contribution in [0.3, 0.4) is 0 Å². The largest absolute Gasteiger partial charge is 0.464 e. The molecule has 2 amide bonds. The van der Waals surface area contributed by atoms with Gasteiger partial charge in [-0.25, -0.2) is 4.79 Å². The molecule has 1 atom stereocenters. The molecule has 2 aliphatic rings. The maximum Gasteiger partial charge on any atom is 0.328 e. The molecule has 1 aromatic carbocycles. The number of likely N-dealkylation sites (tertiary alicyclic amines) is 1. The van der Waals surface area contributed by atoms with E-state index >= 15 is 0 Å². The van der Waals surface area contributed by atoms with Crippen molar-refractivity contribution in [1.82, 2.24) is 20.0 Å². The molecule has 220 valence electrons. The van der Waals surface area contributed by atoms with E-state index < -0.39 is 6.04 Å². The van der Waals surface area contributed by atoms with E-state index in [9.17, 15) is 14.4 Å². The number of piperazine rings is 1. The first-order valence-electron chi connectivity index (χ1n) is 14.6. The van der Waals surface area contributed by atoms with Crippen molar-refractivity contribution in [3.8, 4) is 0 Å². The molecule has 0 radical (unpaired) electrons. The molecule has 0 spiro atoms. The van der Waals surface area contributed by atoms with E-state index in [2.05, 4.69) is 15.2 Å². The highest BCUT2D eigenvalue weighted by atomic mass is 16.5. The van der Waals surface area contributed by atoms with Gasteiger partial charge in [0.2, 0.25) is 11.8 Å². The van der Waals surface area contributed by atoms with Crippen LogP contribution in [0.15, 0.2) is 34.3 Å². The molecular formula is C30H46N6O4. The van der Waals surface area contributed by atoms with Crippen molar-refractivity contribution in [2.45, 2.75) is 53.5 Å². The number of nitrogens with zero attached hydrogens (tertiary/aromatic N) is 5. The second-order valence-electron chi connectivity index (χ2n) is 10.7. The van der Waals surface area contributed by atoms with Crippen molar-refractivity contribution < 1.29 is 19.1 Å². The molecule has 10 nitrogen and oxygen atoms in total. The Labute approximate surface area is 238 Å². The summed E-state index contributed by atoms with van der Waals surface area (Å²) < 4.78 is 5.32. The maximum absolute atomic E-state index is 13.1. The second-order valence-corrected chi connectivity index (χ2v) is 10.7. The third-order valence-corrected chi connectivity index (χ3v) is 7.59. The third-order valence-electron chi connectivity index (χ3n) is 7.59. The first kappa shape index (κ1) is 31.3. The van der Waals surface area contributed by atoms with E-state index in [4.69, 9.17) is 9.73 Å². The summed E-state index contributed by atoms with van der Waals surface area (Å²) in [6.45, 7) is 15.2. The number of amides is 2. The molecule has 0 unspecified atom stereocenters. The van der Waals surface area contributed by atoms with E-state index in [1.165, 1.54) is 0 Å².